The van der Waals surface area contributed by atoms with Gasteiger partial charge in [-0.25, -0.2) is 0 Å². The zero-order valence-electron chi connectivity index (χ0n) is 22.2. The van der Waals surface area contributed by atoms with Crippen LogP contribution in [0.1, 0.15) is 86.5 Å². The minimum Gasteiger partial charge on any atom is -0.459 e. The second-order valence-electron chi connectivity index (χ2n) is 12.8. The van der Waals surface area contributed by atoms with E-state index in [4.69, 9.17) is 4.74 Å². The zero-order chi connectivity index (χ0) is 25.9. The molecule has 2 saturated carbocycles. The molecule has 35 heavy (non-hydrogen) atoms. The molecule has 0 unspecified atom stereocenters. The van der Waals surface area contributed by atoms with Crippen LogP contribution in [0.15, 0.2) is 23.3 Å². The number of hydrogen-bond acceptors (Lipinski definition) is 6. The number of aliphatic hydroxyl groups is 3. The van der Waals surface area contributed by atoms with Gasteiger partial charge in [-0.1, -0.05) is 33.3 Å². The van der Waals surface area contributed by atoms with Crippen LogP contribution in [0.5, 0.6) is 0 Å². The van der Waals surface area contributed by atoms with Gasteiger partial charge in [0, 0.05) is 17.9 Å². The van der Waals surface area contributed by atoms with E-state index >= 15 is 0 Å². The molecule has 0 radical (unpaired) electrons. The van der Waals surface area contributed by atoms with Crippen molar-refractivity contribution in [1.29, 1.82) is 0 Å². The molecule has 0 aliphatic heterocycles. The van der Waals surface area contributed by atoms with Crippen molar-refractivity contribution >= 4 is 11.8 Å². The molecular weight excluding hydrogens is 444 g/mol. The largest absolute Gasteiger partial charge is 0.459 e. The number of ketones is 1. The summed E-state index contributed by atoms with van der Waals surface area (Å²) in [6, 6.07) is 0. The minimum atomic E-state index is -1.19. The summed E-state index contributed by atoms with van der Waals surface area (Å²) in [5.41, 5.74) is -0.104. The maximum atomic E-state index is 13.3. The van der Waals surface area contributed by atoms with Gasteiger partial charge in [-0.3, -0.25) is 9.59 Å². The van der Waals surface area contributed by atoms with Gasteiger partial charge in [0.05, 0.1) is 11.7 Å². The third-order valence-electron chi connectivity index (χ3n) is 10.1. The quantitative estimate of drug-likeness (QED) is 0.486. The van der Waals surface area contributed by atoms with Crippen molar-refractivity contribution in [3.05, 3.63) is 23.3 Å². The van der Waals surface area contributed by atoms with E-state index in [0.29, 0.717) is 24.3 Å². The Morgan fingerprint density at radius 2 is 1.89 bits per heavy atom. The van der Waals surface area contributed by atoms with E-state index in [-0.39, 0.29) is 29.0 Å². The van der Waals surface area contributed by atoms with Gasteiger partial charge >= 0.3 is 5.97 Å². The maximum Gasteiger partial charge on any atom is 0.303 e. The second-order valence-corrected chi connectivity index (χ2v) is 12.8. The Hall–Kier alpha value is -1.50. The topological polar surface area (TPSA) is 104 Å². The molecule has 3 N–H and O–H groups in total. The lowest BCUT2D eigenvalue weighted by Gasteiger charge is -2.56. The zero-order valence-corrected chi connectivity index (χ0v) is 22.2. The molecule has 0 aromatic rings. The third kappa shape index (κ3) is 4.34. The van der Waals surface area contributed by atoms with Crippen LogP contribution < -0.4 is 0 Å². The number of aliphatic hydroxyl groups excluding tert-OH is 2. The molecule has 0 amide bonds. The lowest BCUT2D eigenvalue weighted by molar-refractivity contribution is -0.154. The molecule has 4 rings (SSSR count). The molecule has 196 valence electrons. The average Bonchev–Trinajstić information content (AvgIpc) is 3.11. The average molecular weight is 489 g/mol. The van der Waals surface area contributed by atoms with Crippen molar-refractivity contribution in [2.75, 3.05) is 0 Å². The van der Waals surface area contributed by atoms with Gasteiger partial charge in [0.1, 0.15) is 12.2 Å². The number of hydrogen-bond donors (Lipinski definition) is 3. The number of fused-ring (bicyclic) bond motifs is 5. The first kappa shape index (κ1) is 26.6. The first-order chi connectivity index (χ1) is 16.2. The van der Waals surface area contributed by atoms with Gasteiger partial charge in [-0.05, 0) is 93.1 Å². The molecule has 4 aliphatic rings. The Bertz CT molecular complexity index is 931. The SMILES string of the molecule is CC(=O)O[C@H]1C[C@@]2(C)C(=C[C@@H]1O)C(=O)C=C1[C@H]3CC[C@@H]([C@@](C)(O)[C@@H](O)CCC(C)C)[C@@]3(C)CC[C@@H]12. The van der Waals surface area contributed by atoms with Crippen LogP contribution in [0.4, 0.5) is 0 Å². The molecule has 6 heteroatoms. The molecule has 4 aliphatic carbocycles. The molecule has 9 atom stereocenters. The number of rotatable bonds is 6. The fourth-order valence-electron chi connectivity index (χ4n) is 8.22. The number of carbonyl (C=O) groups excluding carboxylic acids is 2. The number of allylic oxidation sites excluding steroid dienone is 3. The predicted molar refractivity (Wildman–Crippen MR) is 133 cm³/mol. The summed E-state index contributed by atoms with van der Waals surface area (Å²) in [5.74, 6) is 0.219. The molecule has 0 saturated heterocycles. The summed E-state index contributed by atoms with van der Waals surface area (Å²) in [7, 11) is 0. The van der Waals surface area contributed by atoms with Gasteiger partial charge in [0.2, 0.25) is 0 Å². The Labute approximate surface area is 209 Å². The highest BCUT2D eigenvalue weighted by Crippen LogP contribution is 2.66. The molecule has 2 fully saturated rings. The van der Waals surface area contributed by atoms with Crippen molar-refractivity contribution in [3.8, 4) is 0 Å². The van der Waals surface area contributed by atoms with Crippen LogP contribution in [0.25, 0.3) is 0 Å². The molecule has 0 heterocycles. The Morgan fingerprint density at radius 3 is 2.51 bits per heavy atom. The molecular formula is C29H44O6. The van der Waals surface area contributed by atoms with E-state index in [9.17, 15) is 24.9 Å². The summed E-state index contributed by atoms with van der Waals surface area (Å²) in [6.45, 7) is 11.7. The predicted octanol–water partition coefficient (Wildman–Crippen LogP) is 4.12. The van der Waals surface area contributed by atoms with E-state index in [2.05, 4.69) is 27.7 Å². The Balaban J connectivity index is 1.64. The molecule has 0 aromatic heterocycles. The molecule has 0 spiro atoms. The number of ether oxygens (including phenoxy) is 1. The summed E-state index contributed by atoms with van der Waals surface area (Å²) >= 11 is 0. The first-order valence-corrected chi connectivity index (χ1v) is 13.5. The highest BCUT2D eigenvalue weighted by molar-refractivity contribution is 6.07. The Morgan fingerprint density at radius 1 is 1.20 bits per heavy atom. The van der Waals surface area contributed by atoms with Crippen LogP contribution in [-0.4, -0.2) is 51.0 Å². The van der Waals surface area contributed by atoms with Crippen LogP contribution in [0.3, 0.4) is 0 Å². The van der Waals surface area contributed by atoms with Crippen molar-refractivity contribution < 1.29 is 29.6 Å². The molecule has 0 aromatic carbocycles. The number of carbonyl (C=O) groups is 2. The van der Waals surface area contributed by atoms with Crippen molar-refractivity contribution in [3.63, 3.8) is 0 Å². The smallest absolute Gasteiger partial charge is 0.303 e. The van der Waals surface area contributed by atoms with Gasteiger partial charge in [0.15, 0.2) is 5.78 Å². The van der Waals surface area contributed by atoms with Crippen LogP contribution in [0, 0.1) is 34.5 Å². The fourth-order valence-corrected chi connectivity index (χ4v) is 8.22. The first-order valence-electron chi connectivity index (χ1n) is 13.5. The second kappa shape index (κ2) is 9.11. The molecule has 0 bridgehead atoms. The van der Waals surface area contributed by atoms with Crippen LogP contribution in [-0.2, 0) is 14.3 Å². The summed E-state index contributed by atoms with van der Waals surface area (Å²) in [6.07, 6.45) is 6.32. The van der Waals surface area contributed by atoms with E-state index in [1.165, 1.54) is 6.92 Å². The van der Waals surface area contributed by atoms with Crippen LogP contribution in [0.2, 0.25) is 0 Å². The standard InChI is InChI=1S/C29H44O6/c1-16(2)7-10-26(33)29(6,34)25-9-8-19-18-13-22(31)21-14-23(32)24(35-17(3)30)15-28(21,5)20(18)11-12-27(19,25)4/h13-14,16,19-20,23-26,32-34H,7-12,15H2,1-6H3/t19-,20+,23+,24+,25-,26+,27+,28-,29-/m1/s1. The minimum absolute atomic E-state index is 0.0502. The highest BCUT2D eigenvalue weighted by Gasteiger charge is 2.62. The maximum absolute atomic E-state index is 13.3. The summed E-state index contributed by atoms with van der Waals surface area (Å²) in [5, 5.41) is 33.2. The fraction of sp³-hybridized carbons (Fsp3) is 0.793. The van der Waals surface area contributed by atoms with E-state index in [1.807, 2.05) is 0 Å². The van der Waals surface area contributed by atoms with Gasteiger partial charge < -0.3 is 20.1 Å². The van der Waals surface area contributed by atoms with E-state index in [1.54, 1.807) is 19.1 Å². The van der Waals surface area contributed by atoms with Crippen molar-refractivity contribution in [2.45, 2.75) is 110 Å². The lowest BCUT2D eigenvalue weighted by atomic mass is 9.49. The number of esters is 1. The summed E-state index contributed by atoms with van der Waals surface area (Å²) in [4.78, 5) is 25.0. The highest BCUT2D eigenvalue weighted by atomic mass is 16.6. The van der Waals surface area contributed by atoms with Crippen molar-refractivity contribution in [1.82, 2.24) is 0 Å². The normalized spacial score (nSPS) is 41.2. The Kier molecular flexibility index (Phi) is 6.91. The summed E-state index contributed by atoms with van der Waals surface area (Å²) < 4.78 is 5.44. The monoisotopic (exact) mass is 488 g/mol. The van der Waals surface area contributed by atoms with Gasteiger partial charge in [-0.2, -0.15) is 0 Å². The lowest BCUT2D eigenvalue weighted by Crippen LogP contribution is -2.55. The van der Waals surface area contributed by atoms with E-state index in [0.717, 1.165) is 37.7 Å². The third-order valence-corrected chi connectivity index (χ3v) is 10.1. The van der Waals surface area contributed by atoms with Crippen molar-refractivity contribution in [2.24, 2.45) is 34.5 Å². The van der Waals surface area contributed by atoms with Gasteiger partial charge in [0.25, 0.3) is 0 Å². The molecule has 6 nitrogen and oxygen atoms in total. The van der Waals surface area contributed by atoms with Gasteiger partial charge in [-0.15, -0.1) is 0 Å². The van der Waals surface area contributed by atoms with Crippen LogP contribution >= 0.6 is 0 Å². The van der Waals surface area contributed by atoms with E-state index < -0.39 is 35.3 Å².